The Morgan fingerprint density at radius 2 is 1.96 bits per heavy atom. The molecule has 0 bridgehead atoms. The Hall–Kier alpha value is -2.22. The van der Waals surface area contributed by atoms with Gasteiger partial charge in [0, 0.05) is 31.7 Å². The van der Waals surface area contributed by atoms with E-state index >= 15 is 0 Å². The molecule has 28 heavy (non-hydrogen) atoms. The largest absolute Gasteiger partial charge is 0.416 e. The number of benzene rings is 1. The van der Waals surface area contributed by atoms with Gasteiger partial charge in [-0.05, 0) is 22.6 Å². The fourth-order valence-electron chi connectivity index (χ4n) is 3.14. The number of hydrogen-bond acceptors (Lipinski definition) is 3. The minimum absolute atomic E-state index is 0.132. The third kappa shape index (κ3) is 4.43. The highest BCUT2D eigenvalue weighted by molar-refractivity contribution is 8.03. The van der Waals surface area contributed by atoms with E-state index in [9.17, 15) is 22.8 Å². The molecule has 1 aliphatic heterocycles. The van der Waals surface area contributed by atoms with Gasteiger partial charge < -0.3 is 4.90 Å². The molecule has 1 fully saturated rings. The molecule has 3 rings (SSSR count). The van der Waals surface area contributed by atoms with Gasteiger partial charge in [-0.15, -0.1) is 11.8 Å². The van der Waals surface area contributed by atoms with Crippen molar-refractivity contribution in [2.24, 2.45) is 5.92 Å². The van der Waals surface area contributed by atoms with Crippen molar-refractivity contribution in [3.05, 3.63) is 58.5 Å². The first kappa shape index (κ1) is 20.5. The number of carbonyl (C=O) groups excluding carboxylic acids is 2. The van der Waals surface area contributed by atoms with Crippen LogP contribution in [0.15, 0.2) is 47.4 Å². The maximum absolute atomic E-state index is 12.7. The molecule has 0 aromatic heterocycles. The van der Waals surface area contributed by atoms with E-state index in [1.807, 2.05) is 12.2 Å². The molecule has 4 nitrogen and oxygen atoms in total. The average Bonchev–Trinajstić information content (AvgIpc) is 3.03. The quantitative estimate of drug-likeness (QED) is 0.662. The van der Waals surface area contributed by atoms with E-state index in [-0.39, 0.29) is 18.5 Å². The Balaban J connectivity index is 1.56. The Morgan fingerprint density at radius 1 is 1.29 bits per heavy atom. The van der Waals surface area contributed by atoms with Gasteiger partial charge in [0.2, 0.25) is 5.91 Å². The van der Waals surface area contributed by atoms with Crippen molar-refractivity contribution in [1.29, 1.82) is 0 Å². The summed E-state index contributed by atoms with van der Waals surface area (Å²) in [5, 5.41) is 0. The number of urea groups is 1. The first-order valence-corrected chi connectivity index (χ1v) is 9.90. The molecule has 1 aromatic carbocycles. The Morgan fingerprint density at radius 3 is 2.50 bits per heavy atom. The normalized spacial score (nSPS) is 21.5. The molecule has 0 radical (unpaired) electrons. The Labute approximate surface area is 166 Å². The van der Waals surface area contributed by atoms with E-state index < -0.39 is 17.8 Å². The summed E-state index contributed by atoms with van der Waals surface area (Å²) in [4.78, 5) is 28.4. The number of hydrogen-bond donors (Lipinski definition) is 0. The van der Waals surface area contributed by atoms with Crippen LogP contribution in [0.2, 0.25) is 0 Å². The summed E-state index contributed by atoms with van der Waals surface area (Å²) in [6.07, 6.45) is 2.08. The number of rotatable bonds is 5. The monoisotopic (exact) mass is 410 g/mol. The minimum atomic E-state index is -4.39. The van der Waals surface area contributed by atoms with Gasteiger partial charge in [0.1, 0.15) is 0 Å². The van der Waals surface area contributed by atoms with Crippen LogP contribution in [0.3, 0.4) is 0 Å². The summed E-state index contributed by atoms with van der Waals surface area (Å²) >= 11 is 1.65. The maximum Gasteiger partial charge on any atom is 0.416 e. The molecule has 0 N–H and O–H groups in total. The van der Waals surface area contributed by atoms with Crippen molar-refractivity contribution in [2.75, 3.05) is 12.8 Å². The van der Waals surface area contributed by atoms with Crippen LogP contribution in [-0.2, 0) is 17.5 Å². The second-order valence-electron chi connectivity index (χ2n) is 7.01. The molecular formula is C20H21F3N2O2S. The summed E-state index contributed by atoms with van der Waals surface area (Å²) in [7, 11) is 1.54. The lowest BCUT2D eigenvalue weighted by molar-refractivity contribution is -0.140. The number of thioether (sulfide) groups is 1. The Bertz CT molecular complexity index is 818. The SMILES string of the molecule is CC1C=CC=C1SC[C@H]1CC(=O)N1C(=O)N(C)Cc1ccc(C(F)(F)F)cc1. The zero-order valence-electron chi connectivity index (χ0n) is 15.6. The number of carbonyl (C=O) groups is 2. The van der Waals surface area contributed by atoms with Gasteiger partial charge in [0.15, 0.2) is 0 Å². The highest BCUT2D eigenvalue weighted by atomic mass is 32.2. The lowest BCUT2D eigenvalue weighted by Crippen LogP contribution is -2.59. The molecule has 8 heteroatoms. The third-order valence-corrected chi connectivity index (χ3v) is 6.22. The van der Waals surface area contributed by atoms with Gasteiger partial charge in [-0.2, -0.15) is 13.2 Å². The predicted octanol–water partition coefficient (Wildman–Crippen LogP) is 4.68. The van der Waals surface area contributed by atoms with E-state index in [0.717, 1.165) is 12.1 Å². The van der Waals surface area contributed by atoms with E-state index in [1.165, 1.54) is 26.8 Å². The summed E-state index contributed by atoms with van der Waals surface area (Å²) in [5.74, 6) is 0.775. The molecular weight excluding hydrogens is 389 g/mol. The van der Waals surface area contributed by atoms with Crippen molar-refractivity contribution in [2.45, 2.75) is 32.1 Å². The second-order valence-corrected chi connectivity index (χ2v) is 8.10. The molecule has 1 aromatic rings. The van der Waals surface area contributed by atoms with Gasteiger partial charge in [-0.1, -0.05) is 37.3 Å². The molecule has 1 unspecified atom stereocenters. The van der Waals surface area contributed by atoms with E-state index in [0.29, 0.717) is 23.7 Å². The molecule has 0 spiro atoms. The molecule has 1 saturated heterocycles. The van der Waals surface area contributed by atoms with Crippen LogP contribution < -0.4 is 0 Å². The molecule has 0 saturated carbocycles. The molecule has 150 valence electrons. The molecule has 2 atom stereocenters. The van der Waals surface area contributed by atoms with Gasteiger partial charge >= 0.3 is 12.2 Å². The van der Waals surface area contributed by atoms with Crippen molar-refractivity contribution < 1.29 is 22.8 Å². The molecule has 1 heterocycles. The number of halogens is 3. The number of allylic oxidation sites excluding steroid dienone is 4. The van der Waals surface area contributed by atoms with Gasteiger partial charge in [-0.25, -0.2) is 4.79 Å². The number of alkyl halides is 3. The Kier molecular flexibility index (Phi) is 5.88. The van der Waals surface area contributed by atoms with Gasteiger partial charge in [0.05, 0.1) is 11.6 Å². The van der Waals surface area contributed by atoms with Crippen LogP contribution >= 0.6 is 11.8 Å². The number of amides is 3. The standard InChI is InChI=1S/C20H21F3N2O2S/c1-13-4-3-5-17(13)28-12-16-10-18(26)25(16)19(27)24(2)11-14-6-8-15(9-7-14)20(21,22)23/h3-9,13,16H,10-12H2,1-2H3/t13?,16-/m1/s1. The third-order valence-electron chi connectivity index (χ3n) is 4.83. The highest BCUT2D eigenvalue weighted by Gasteiger charge is 2.42. The second kappa shape index (κ2) is 8.03. The lowest BCUT2D eigenvalue weighted by atomic mass is 10.0. The van der Waals surface area contributed by atoms with Crippen molar-refractivity contribution in [3.63, 3.8) is 0 Å². The highest BCUT2D eigenvalue weighted by Crippen LogP contribution is 2.34. The van der Waals surface area contributed by atoms with Gasteiger partial charge in [0.25, 0.3) is 0 Å². The van der Waals surface area contributed by atoms with Crippen LogP contribution in [-0.4, -0.2) is 40.6 Å². The lowest BCUT2D eigenvalue weighted by Gasteiger charge is -2.40. The van der Waals surface area contributed by atoms with E-state index in [2.05, 4.69) is 13.0 Å². The first-order chi connectivity index (χ1) is 13.2. The van der Waals surface area contributed by atoms with Crippen LogP contribution in [0, 0.1) is 5.92 Å². The zero-order valence-corrected chi connectivity index (χ0v) is 16.4. The maximum atomic E-state index is 12.7. The zero-order chi connectivity index (χ0) is 20.5. The number of likely N-dealkylation sites (tertiary alicyclic amines) is 1. The summed E-state index contributed by atoms with van der Waals surface area (Å²) in [6.45, 7) is 2.22. The average molecular weight is 410 g/mol. The molecule has 2 aliphatic rings. The van der Waals surface area contributed by atoms with Crippen LogP contribution in [0.4, 0.5) is 18.0 Å². The molecule has 3 amide bonds. The van der Waals surface area contributed by atoms with Crippen molar-refractivity contribution in [3.8, 4) is 0 Å². The molecule has 1 aliphatic carbocycles. The van der Waals surface area contributed by atoms with Crippen molar-refractivity contribution in [1.82, 2.24) is 9.80 Å². The predicted molar refractivity (Wildman–Crippen MR) is 102 cm³/mol. The fraction of sp³-hybridized carbons (Fsp3) is 0.400. The number of nitrogens with zero attached hydrogens (tertiary/aromatic N) is 2. The van der Waals surface area contributed by atoms with Crippen LogP contribution in [0.5, 0.6) is 0 Å². The smallest absolute Gasteiger partial charge is 0.323 e. The first-order valence-electron chi connectivity index (χ1n) is 8.91. The van der Waals surface area contributed by atoms with Crippen LogP contribution in [0.25, 0.3) is 0 Å². The topological polar surface area (TPSA) is 40.6 Å². The number of β-lactam (4-membered cyclic amide) rings is 1. The van der Waals surface area contributed by atoms with E-state index in [1.54, 1.807) is 18.8 Å². The summed E-state index contributed by atoms with van der Waals surface area (Å²) in [5.41, 5.74) is -0.163. The van der Waals surface area contributed by atoms with E-state index in [4.69, 9.17) is 0 Å². The van der Waals surface area contributed by atoms with Crippen molar-refractivity contribution >= 4 is 23.7 Å². The summed E-state index contributed by atoms with van der Waals surface area (Å²) < 4.78 is 37.9. The van der Waals surface area contributed by atoms with Gasteiger partial charge in [-0.3, -0.25) is 9.69 Å². The van der Waals surface area contributed by atoms with Crippen LogP contribution in [0.1, 0.15) is 24.5 Å². The minimum Gasteiger partial charge on any atom is -0.323 e. The summed E-state index contributed by atoms with van der Waals surface area (Å²) in [6, 6.07) is 4.10. The fourth-order valence-corrected chi connectivity index (χ4v) is 4.31. The number of imide groups is 1.